The quantitative estimate of drug-likeness (QED) is 0.121. The van der Waals surface area contributed by atoms with Crippen molar-refractivity contribution in [3.8, 4) is 56.3 Å². The predicted octanol–water partition coefficient (Wildman–Crippen LogP) is 19.8. The Balaban J connectivity index is 0.000000130. The summed E-state index contributed by atoms with van der Waals surface area (Å²) in [5, 5.41) is 0. The number of pyridine rings is 4. The molecule has 8 aromatic carbocycles. The molecule has 7 aromatic heterocycles. The molecule has 0 fully saturated rings. The Morgan fingerprint density at radius 2 is 0.635 bits per heavy atom. The van der Waals surface area contributed by atoms with Crippen LogP contribution in [0.3, 0.4) is 0 Å². The minimum absolute atomic E-state index is 0.490. The van der Waals surface area contributed by atoms with Crippen molar-refractivity contribution in [3.05, 3.63) is 299 Å². The second-order valence-electron chi connectivity index (χ2n) is 29.2. The monoisotopic (exact) mass is 1370 g/mol. The highest BCUT2D eigenvalue weighted by atomic mass is 15.0. The number of fused-ring (bicyclic) bond motifs is 5. The Morgan fingerprint density at radius 1 is 0.279 bits per heavy atom. The fourth-order valence-electron chi connectivity index (χ4n) is 13.9. The van der Waals surface area contributed by atoms with Gasteiger partial charge in [0.1, 0.15) is 81.4 Å². The van der Waals surface area contributed by atoms with Crippen LogP contribution in [0.5, 0.6) is 0 Å². The van der Waals surface area contributed by atoms with Gasteiger partial charge in [0.25, 0.3) is 0 Å². The Hall–Kier alpha value is -11.1. The van der Waals surface area contributed by atoms with E-state index in [-0.39, 0.29) is 0 Å². The lowest BCUT2D eigenvalue weighted by Crippen LogP contribution is -2.33. The van der Waals surface area contributed by atoms with Crippen molar-refractivity contribution >= 4 is 55.2 Å². The lowest BCUT2D eigenvalue weighted by atomic mass is 10.0. The molecule has 0 aliphatic rings. The van der Waals surface area contributed by atoms with Gasteiger partial charge < -0.3 is 0 Å². The number of rotatable bonds is 11. The second-order valence-corrected chi connectivity index (χ2v) is 29.2. The second kappa shape index (κ2) is 33.3. The minimum atomic E-state index is 0.490. The van der Waals surface area contributed by atoms with Crippen LogP contribution in [0.4, 0.5) is 0 Å². The van der Waals surface area contributed by atoms with Crippen molar-refractivity contribution in [2.45, 2.75) is 115 Å². The van der Waals surface area contributed by atoms with Gasteiger partial charge in [-0.05, 0) is 182 Å². The predicted molar refractivity (Wildman–Crippen MR) is 431 cm³/mol. The largest absolute Gasteiger partial charge is 0.250 e. The van der Waals surface area contributed by atoms with E-state index in [0.29, 0.717) is 23.7 Å². The van der Waals surface area contributed by atoms with Crippen molar-refractivity contribution in [2.75, 3.05) is 0 Å². The van der Waals surface area contributed by atoms with Crippen LogP contribution in [0.2, 0.25) is 0 Å². The maximum atomic E-state index is 4.79. The van der Waals surface area contributed by atoms with E-state index in [1.807, 2.05) is 37.1 Å². The van der Waals surface area contributed by atoms with Crippen LogP contribution in [0, 0.1) is 46.5 Å². The Morgan fingerprint density at radius 3 is 1.09 bits per heavy atom. The molecule has 0 saturated carbocycles. The average molecular weight is 1370 g/mol. The first-order chi connectivity index (χ1) is 50.1. The summed E-state index contributed by atoms with van der Waals surface area (Å²) in [5.41, 5.74) is 35.1. The van der Waals surface area contributed by atoms with Gasteiger partial charge >= 0.3 is 0 Å². The van der Waals surface area contributed by atoms with Gasteiger partial charge in [-0.1, -0.05) is 171 Å². The zero-order valence-corrected chi connectivity index (χ0v) is 64.4. The smallest absolute Gasteiger partial charge is 0.231 e. The summed E-state index contributed by atoms with van der Waals surface area (Å²) in [7, 11) is 10.6. The molecule has 10 nitrogen and oxygen atoms in total. The third-order valence-electron chi connectivity index (χ3n) is 20.0. The molecule has 104 heavy (non-hydrogen) atoms. The molecular weight excluding hydrogens is 1270 g/mol. The Labute approximate surface area is 616 Å². The van der Waals surface area contributed by atoms with Crippen LogP contribution in [0.25, 0.3) is 111 Å². The topological polar surface area (TPSA) is 83.8 Å². The highest BCUT2D eigenvalue weighted by Gasteiger charge is 2.23. The molecule has 15 rings (SSSR count). The van der Waals surface area contributed by atoms with Crippen molar-refractivity contribution in [2.24, 2.45) is 47.1 Å². The molecule has 0 atom stereocenters. The maximum absolute atomic E-state index is 4.79. The molecule has 10 heteroatoms. The first-order valence-corrected chi connectivity index (χ1v) is 36.7. The zero-order valence-electron chi connectivity index (χ0n) is 64.4. The van der Waals surface area contributed by atoms with E-state index < -0.39 is 0 Å². The molecule has 0 aliphatic heterocycles. The van der Waals surface area contributed by atoms with Gasteiger partial charge in [-0.3, -0.25) is 0 Å². The molecule has 0 bridgehead atoms. The molecule has 0 saturated heterocycles. The number of hydrogen-bond donors (Lipinski definition) is 0. The Kier molecular flexibility index (Phi) is 23.8. The molecule has 15 aromatic rings. The molecule has 0 N–H and O–H groups in total. The molecule has 0 aliphatic carbocycles. The fraction of sp³-hybridized carbons (Fsp3) is 0.255. The summed E-state index contributed by atoms with van der Waals surface area (Å²) in [4.78, 5) is 23.1. The number of aromatic nitrogens is 10. The SMILES string of the molecule is Cc1ccccc1-c1ccc2ncc(C(C)C)cc2[n+]1C.Cc1ccccc1-c1ccc2ncccc2[n+]1C.Cc1ccccc1-c1cnc2c(CC(C)C)cccc2[n+]1C.Cc1ccccc1-c1cnc2ccc(C(C)C)cc2[n+]1C.Cc1ccccc1-c1cnc2ccc(CC(C)C)cc2[n+]1C. The van der Waals surface area contributed by atoms with Crippen molar-refractivity contribution < 1.29 is 22.8 Å². The first-order valence-electron chi connectivity index (χ1n) is 36.7. The molecule has 524 valence electrons. The third kappa shape index (κ3) is 16.8. The van der Waals surface area contributed by atoms with Gasteiger partial charge in [0, 0.05) is 66.0 Å². The lowest BCUT2D eigenvalue weighted by molar-refractivity contribution is -0.634. The molecule has 0 unspecified atom stereocenters. The van der Waals surface area contributed by atoms with Crippen LogP contribution in [0.1, 0.15) is 117 Å². The van der Waals surface area contributed by atoms with Gasteiger partial charge in [-0.15, -0.1) is 0 Å². The van der Waals surface area contributed by atoms with Gasteiger partial charge in [0.05, 0.1) is 16.7 Å². The van der Waals surface area contributed by atoms with Crippen molar-refractivity contribution in [3.63, 3.8) is 0 Å². The van der Waals surface area contributed by atoms with Crippen LogP contribution in [-0.2, 0) is 48.1 Å². The lowest BCUT2D eigenvalue weighted by Gasteiger charge is -2.09. The number of nitrogens with zero attached hydrogens (tertiary/aromatic N) is 10. The van der Waals surface area contributed by atoms with E-state index in [1.54, 1.807) is 0 Å². The fourth-order valence-corrected chi connectivity index (χ4v) is 13.9. The summed E-state index contributed by atoms with van der Waals surface area (Å²) < 4.78 is 11.2. The Bertz CT molecular complexity index is 5360. The third-order valence-corrected chi connectivity index (χ3v) is 20.0. The van der Waals surface area contributed by atoms with Crippen molar-refractivity contribution in [1.82, 2.24) is 24.9 Å². The molecular formula is C94H103N10+5. The number of para-hydroxylation sites is 1. The molecule has 0 spiro atoms. The van der Waals surface area contributed by atoms with Gasteiger partial charge in [-0.2, -0.15) is 22.8 Å². The van der Waals surface area contributed by atoms with E-state index >= 15 is 0 Å². The van der Waals surface area contributed by atoms with Crippen LogP contribution in [0.15, 0.2) is 249 Å². The molecule has 0 radical (unpaired) electrons. The summed E-state index contributed by atoms with van der Waals surface area (Å²) in [6, 6.07) is 76.8. The van der Waals surface area contributed by atoms with E-state index in [9.17, 15) is 0 Å². The first kappa shape index (κ1) is 74.1. The zero-order chi connectivity index (χ0) is 73.9. The average Bonchev–Trinajstić information content (AvgIpc) is 0.816. The normalized spacial score (nSPS) is 11.2. The maximum Gasteiger partial charge on any atom is 0.231 e. The van der Waals surface area contributed by atoms with Gasteiger partial charge in [-0.25, -0.2) is 24.9 Å². The van der Waals surface area contributed by atoms with Crippen molar-refractivity contribution in [1.29, 1.82) is 0 Å². The number of aryl methyl sites for hydroxylation is 10. The van der Waals surface area contributed by atoms with E-state index in [0.717, 1.165) is 63.0 Å². The van der Waals surface area contributed by atoms with Crippen LogP contribution >= 0.6 is 0 Å². The van der Waals surface area contributed by atoms with E-state index in [1.165, 1.54) is 111 Å². The highest BCUT2D eigenvalue weighted by molar-refractivity contribution is 5.79. The summed E-state index contributed by atoms with van der Waals surface area (Å²) in [6.07, 6.45) is 11.9. The van der Waals surface area contributed by atoms with E-state index in [4.69, 9.17) is 4.98 Å². The summed E-state index contributed by atoms with van der Waals surface area (Å²) >= 11 is 0. The summed E-state index contributed by atoms with van der Waals surface area (Å²) in [6.45, 7) is 28.6. The van der Waals surface area contributed by atoms with Crippen LogP contribution in [-0.4, -0.2) is 24.9 Å². The minimum Gasteiger partial charge on any atom is -0.250 e. The number of benzene rings is 8. The molecule has 7 heterocycles. The van der Waals surface area contributed by atoms with Crippen LogP contribution < -0.4 is 22.8 Å². The highest BCUT2D eigenvalue weighted by Crippen LogP contribution is 2.29. The molecule has 0 amide bonds. The van der Waals surface area contributed by atoms with Gasteiger partial charge in [0.2, 0.25) is 56.1 Å². The van der Waals surface area contributed by atoms with E-state index in [2.05, 4.69) is 380 Å². The number of hydrogen-bond acceptors (Lipinski definition) is 5. The standard InChI is InChI=1S/2C20H23N2.2C19H21N2.C16H15N2/c1-14(2)12-16-9-7-11-18-20(16)21-13-19(22(18)4)17-10-6-5-8-15(17)3;1-14(2)11-16-9-10-18-19(12-16)22(4)20(13-21-18)17-8-6-5-7-15(17)3;1-13(2)15-11-19-17(20-12-15)9-10-18(21(19)4)16-8-6-5-7-14(16)3;1-13(2)15-9-10-17-18(11-15)21(4)19(12-20-17)16-8-6-5-7-14(16)3;1-12-6-3-4-7-13(12)15-10-9-14-16(18(15)2)8-5-11-17-14/h5-11,13-14H,12H2,1-4H3;5-10,12-14H,11H2,1-4H3;2*5-13H,1-4H3;3-11H,1-2H3/q5*+1. The summed E-state index contributed by atoms with van der Waals surface area (Å²) in [5.74, 6) is 2.31. The van der Waals surface area contributed by atoms with Gasteiger partial charge in [0.15, 0.2) is 0 Å².